The minimum absolute atomic E-state index is 0.229. The van der Waals surface area contributed by atoms with Crippen LogP contribution in [-0.4, -0.2) is 25.1 Å². The van der Waals surface area contributed by atoms with Crippen molar-refractivity contribution in [3.63, 3.8) is 0 Å². The maximum atomic E-state index is 13.3. The zero-order valence-electron chi connectivity index (χ0n) is 17.5. The molecule has 154 valence electrons. The first-order chi connectivity index (χ1) is 14.5. The van der Waals surface area contributed by atoms with E-state index < -0.39 is 5.97 Å². The highest BCUT2D eigenvalue weighted by Crippen LogP contribution is 2.35. The van der Waals surface area contributed by atoms with E-state index in [0.29, 0.717) is 29.3 Å². The van der Waals surface area contributed by atoms with E-state index >= 15 is 0 Å². The van der Waals surface area contributed by atoms with Crippen LogP contribution in [0.1, 0.15) is 25.0 Å². The molecular formula is C25H25NO4. The Labute approximate surface area is 176 Å². The summed E-state index contributed by atoms with van der Waals surface area (Å²) in [6, 6.07) is 14.9. The van der Waals surface area contributed by atoms with Gasteiger partial charge in [-0.3, -0.25) is 9.69 Å². The van der Waals surface area contributed by atoms with Crippen LogP contribution in [0.4, 0.5) is 5.69 Å². The fourth-order valence-electron chi connectivity index (χ4n) is 3.30. The number of allylic oxidation sites excluding steroid dienone is 1. The SMILES string of the molecule is C=CCOc1cccc(/C=C2/C(=O)N(c3ccc(C)cc3)C(C)=C2C(=O)OCC)c1. The predicted molar refractivity (Wildman–Crippen MR) is 118 cm³/mol. The Balaban J connectivity index is 2.06. The standard InChI is InChI=1S/C25H25NO4/c1-5-14-30-21-9-7-8-19(15-21)16-22-23(25(28)29-6-2)18(4)26(24(22)27)20-12-10-17(3)11-13-20/h5,7-13,15-16H,1,6,14H2,2-4H3/b22-16+. The Morgan fingerprint density at radius 3 is 2.53 bits per heavy atom. The van der Waals surface area contributed by atoms with Gasteiger partial charge < -0.3 is 9.47 Å². The number of ether oxygens (including phenoxy) is 2. The quantitative estimate of drug-likeness (QED) is 0.378. The highest BCUT2D eigenvalue weighted by atomic mass is 16.5. The summed E-state index contributed by atoms with van der Waals surface area (Å²) in [4.78, 5) is 27.6. The van der Waals surface area contributed by atoms with Crippen molar-refractivity contribution in [2.45, 2.75) is 20.8 Å². The first-order valence-electron chi connectivity index (χ1n) is 9.81. The first kappa shape index (κ1) is 21.1. The van der Waals surface area contributed by atoms with Crippen LogP contribution >= 0.6 is 0 Å². The molecule has 0 unspecified atom stereocenters. The van der Waals surface area contributed by atoms with Crippen LogP contribution in [0.3, 0.4) is 0 Å². The lowest BCUT2D eigenvalue weighted by molar-refractivity contribution is -0.138. The minimum Gasteiger partial charge on any atom is -0.490 e. The topological polar surface area (TPSA) is 55.8 Å². The number of amides is 1. The number of benzene rings is 2. The van der Waals surface area contributed by atoms with E-state index in [1.54, 1.807) is 30.9 Å². The highest BCUT2D eigenvalue weighted by molar-refractivity contribution is 6.23. The molecule has 1 aliphatic heterocycles. The van der Waals surface area contributed by atoms with Crippen molar-refractivity contribution in [3.05, 3.63) is 89.2 Å². The molecular weight excluding hydrogens is 378 g/mol. The van der Waals surface area contributed by atoms with Crippen LogP contribution in [0.5, 0.6) is 5.75 Å². The first-order valence-corrected chi connectivity index (χ1v) is 9.81. The summed E-state index contributed by atoms with van der Waals surface area (Å²) in [5.74, 6) is -0.122. The number of carbonyl (C=O) groups is 2. The smallest absolute Gasteiger partial charge is 0.340 e. The van der Waals surface area contributed by atoms with Gasteiger partial charge in [-0.15, -0.1) is 0 Å². The van der Waals surface area contributed by atoms with E-state index in [0.717, 1.165) is 11.1 Å². The zero-order valence-corrected chi connectivity index (χ0v) is 17.5. The fourth-order valence-corrected chi connectivity index (χ4v) is 3.30. The molecule has 0 N–H and O–H groups in total. The van der Waals surface area contributed by atoms with Crippen molar-refractivity contribution in [2.24, 2.45) is 0 Å². The average Bonchev–Trinajstić information content (AvgIpc) is 2.97. The Morgan fingerprint density at radius 1 is 1.13 bits per heavy atom. The maximum absolute atomic E-state index is 13.3. The molecule has 2 aromatic rings. The van der Waals surface area contributed by atoms with Crippen molar-refractivity contribution < 1.29 is 19.1 Å². The number of esters is 1. The second-order valence-corrected chi connectivity index (χ2v) is 6.89. The number of nitrogens with zero attached hydrogens (tertiary/aromatic N) is 1. The van der Waals surface area contributed by atoms with Crippen molar-refractivity contribution in [1.29, 1.82) is 0 Å². The Morgan fingerprint density at radius 2 is 1.87 bits per heavy atom. The van der Waals surface area contributed by atoms with Crippen molar-refractivity contribution in [2.75, 3.05) is 18.1 Å². The molecule has 0 saturated heterocycles. The zero-order chi connectivity index (χ0) is 21.7. The summed E-state index contributed by atoms with van der Waals surface area (Å²) < 4.78 is 10.8. The van der Waals surface area contributed by atoms with Crippen molar-refractivity contribution in [3.8, 4) is 5.75 Å². The lowest BCUT2D eigenvalue weighted by atomic mass is 10.0. The van der Waals surface area contributed by atoms with Crippen LogP contribution in [-0.2, 0) is 14.3 Å². The summed E-state index contributed by atoms with van der Waals surface area (Å²) in [5.41, 5.74) is 3.67. The molecule has 5 nitrogen and oxygen atoms in total. The molecule has 0 aliphatic carbocycles. The fraction of sp³-hybridized carbons (Fsp3) is 0.200. The van der Waals surface area contributed by atoms with E-state index in [4.69, 9.17) is 9.47 Å². The van der Waals surface area contributed by atoms with E-state index in [1.807, 2.05) is 55.5 Å². The molecule has 0 aromatic heterocycles. The van der Waals surface area contributed by atoms with Gasteiger partial charge in [0.05, 0.1) is 17.8 Å². The van der Waals surface area contributed by atoms with Gasteiger partial charge in [0.2, 0.25) is 0 Å². The Kier molecular flexibility index (Phi) is 6.52. The molecule has 3 rings (SSSR count). The molecule has 5 heteroatoms. The monoisotopic (exact) mass is 403 g/mol. The van der Waals surface area contributed by atoms with Crippen molar-refractivity contribution in [1.82, 2.24) is 0 Å². The van der Waals surface area contributed by atoms with Gasteiger partial charge in [0.1, 0.15) is 12.4 Å². The van der Waals surface area contributed by atoms with E-state index in [2.05, 4.69) is 6.58 Å². The number of anilines is 1. The normalized spacial score (nSPS) is 15.0. The maximum Gasteiger partial charge on any atom is 0.340 e. The third-order valence-electron chi connectivity index (χ3n) is 4.71. The molecule has 30 heavy (non-hydrogen) atoms. The molecule has 0 bridgehead atoms. The number of hydrogen-bond donors (Lipinski definition) is 0. The van der Waals surface area contributed by atoms with Crippen LogP contribution in [0.2, 0.25) is 0 Å². The van der Waals surface area contributed by atoms with Crippen LogP contribution < -0.4 is 9.64 Å². The Bertz CT molecular complexity index is 1030. The molecule has 2 aromatic carbocycles. The number of rotatable bonds is 7. The van der Waals surface area contributed by atoms with Gasteiger partial charge in [-0.1, -0.05) is 42.5 Å². The number of aryl methyl sites for hydroxylation is 1. The van der Waals surface area contributed by atoms with E-state index in [1.165, 1.54) is 0 Å². The molecule has 1 amide bonds. The van der Waals surface area contributed by atoms with Gasteiger partial charge in [-0.05, 0) is 56.7 Å². The van der Waals surface area contributed by atoms with Gasteiger partial charge >= 0.3 is 5.97 Å². The summed E-state index contributed by atoms with van der Waals surface area (Å²) in [6.07, 6.45) is 3.36. The lowest BCUT2D eigenvalue weighted by Gasteiger charge is -2.18. The number of hydrogen-bond acceptors (Lipinski definition) is 4. The summed E-state index contributed by atoms with van der Waals surface area (Å²) >= 11 is 0. The molecule has 0 saturated carbocycles. The molecule has 1 heterocycles. The minimum atomic E-state index is -0.511. The predicted octanol–water partition coefficient (Wildman–Crippen LogP) is 4.83. The van der Waals surface area contributed by atoms with Gasteiger partial charge in [-0.25, -0.2) is 4.79 Å². The summed E-state index contributed by atoms with van der Waals surface area (Å²) in [7, 11) is 0. The highest BCUT2D eigenvalue weighted by Gasteiger charge is 2.38. The molecule has 0 radical (unpaired) electrons. The van der Waals surface area contributed by atoms with Crippen LogP contribution in [0.15, 0.2) is 78.0 Å². The number of carbonyl (C=O) groups excluding carboxylic acids is 2. The summed E-state index contributed by atoms with van der Waals surface area (Å²) in [5, 5.41) is 0. The second-order valence-electron chi connectivity index (χ2n) is 6.89. The second kappa shape index (κ2) is 9.27. The third-order valence-corrected chi connectivity index (χ3v) is 4.71. The largest absolute Gasteiger partial charge is 0.490 e. The van der Waals surface area contributed by atoms with E-state index in [-0.39, 0.29) is 18.1 Å². The molecule has 1 aliphatic rings. The van der Waals surface area contributed by atoms with Crippen molar-refractivity contribution >= 4 is 23.6 Å². The van der Waals surface area contributed by atoms with Gasteiger partial charge in [0.15, 0.2) is 0 Å². The average molecular weight is 403 g/mol. The van der Waals surface area contributed by atoms with Gasteiger partial charge in [0.25, 0.3) is 5.91 Å². The van der Waals surface area contributed by atoms with E-state index in [9.17, 15) is 9.59 Å². The lowest BCUT2D eigenvalue weighted by Crippen LogP contribution is -2.24. The summed E-state index contributed by atoms with van der Waals surface area (Å²) in [6.45, 7) is 9.74. The van der Waals surface area contributed by atoms with Crippen LogP contribution in [0, 0.1) is 6.92 Å². The Hall–Kier alpha value is -3.60. The molecule has 0 fully saturated rings. The molecule has 0 spiro atoms. The van der Waals surface area contributed by atoms with Crippen LogP contribution in [0.25, 0.3) is 6.08 Å². The third kappa shape index (κ3) is 4.35. The van der Waals surface area contributed by atoms with Gasteiger partial charge in [-0.2, -0.15) is 0 Å². The van der Waals surface area contributed by atoms with Gasteiger partial charge in [0, 0.05) is 11.4 Å². The molecule has 0 atom stereocenters.